The van der Waals surface area contributed by atoms with Gasteiger partial charge in [0.1, 0.15) is 0 Å². The van der Waals surface area contributed by atoms with E-state index in [1.807, 2.05) is 0 Å². The maximum atomic E-state index is 11.1. The van der Waals surface area contributed by atoms with Crippen LogP contribution in [0.15, 0.2) is 0 Å². The van der Waals surface area contributed by atoms with E-state index in [1.165, 1.54) is 0 Å². The lowest BCUT2D eigenvalue weighted by Crippen LogP contribution is -2.26. The zero-order valence-corrected chi connectivity index (χ0v) is 7.55. The van der Waals surface area contributed by atoms with E-state index in [0.29, 0.717) is 24.8 Å². The summed E-state index contributed by atoms with van der Waals surface area (Å²) >= 11 is 0. The van der Waals surface area contributed by atoms with Gasteiger partial charge in [0.2, 0.25) is 5.91 Å². The molecule has 1 aliphatic rings. The van der Waals surface area contributed by atoms with Crippen molar-refractivity contribution in [3.05, 3.63) is 0 Å². The lowest BCUT2D eigenvalue weighted by atomic mass is 10.3. The van der Waals surface area contributed by atoms with Crippen molar-refractivity contribution in [3.63, 3.8) is 0 Å². The number of hydrogen-bond acceptors (Lipinski definition) is 2. The molecule has 0 bridgehead atoms. The van der Waals surface area contributed by atoms with Crippen molar-refractivity contribution in [1.82, 2.24) is 5.32 Å². The fraction of sp³-hybridized carbons (Fsp3) is 0.889. The quantitative estimate of drug-likeness (QED) is 0.639. The molecular weight excluding hydrogens is 154 g/mol. The van der Waals surface area contributed by atoms with Crippen LogP contribution in [0.2, 0.25) is 0 Å². The number of rotatable bonds is 5. The summed E-state index contributed by atoms with van der Waals surface area (Å²) in [4.78, 5) is 11.1. The molecule has 12 heavy (non-hydrogen) atoms. The Hall–Kier alpha value is -0.570. The van der Waals surface area contributed by atoms with Crippen molar-refractivity contribution in [2.24, 2.45) is 5.92 Å². The van der Waals surface area contributed by atoms with Gasteiger partial charge in [-0.05, 0) is 18.8 Å². The number of aliphatic hydroxyl groups excluding tert-OH is 1. The third kappa shape index (κ3) is 2.81. The van der Waals surface area contributed by atoms with Crippen molar-refractivity contribution < 1.29 is 9.90 Å². The molecule has 1 saturated carbocycles. The van der Waals surface area contributed by atoms with Crippen LogP contribution in [-0.4, -0.2) is 23.7 Å². The lowest BCUT2D eigenvalue weighted by Gasteiger charge is -2.02. The molecule has 0 heterocycles. The highest BCUT2D eigenvalue weighted by atomic mass is 16.3. The number of carbonyl (C=O) groups excluding carboxylic acids is 1. The van der Waals surface area contributed by atoms with Crippen LogP contribution in [0.4, 0.5) is 0 Å². The Kier molecular flexibility index (Phi) is 3.53. The minimum absolute atomic E-state index is 0.0880. The predicted molar refractivity (Wildman–Crippen MR) is 46.6 cm³/mol. The molecule has 1 amide bonds. The van der Waals surface area contributed by atoms with Crippen LogP contribution in [0.25, 0.3) is 0 Å². The Bertz CT molecular complexity index is 159. The summed E-state index contributed by atoms with van der Waals surface area (Å²) in [6.45, 7) is 2.25. The topological polar surface area (TPSA) is 49.3 Å². The standard InChI is InChI=1S/C9H17NO2/c1-2-7-6-8(7)10-9(12)4-3-5-11/h7-8,11H,2-6H2,1H3,(H,10,12). The second-order valence-electron chi connectivity index (χ2n) is 3.41. The molecule has 0 aromatic carbocycles. The maximum absolute atomic E-state index is 11.1. The Morgan fingerprint density at radius 1 is 1.67 bits per heavy atom. The number of carbonyl (C=O) groups is 1. The fourth-order valence-electron chi connectivity index (χ4n) is 1.39. The average Bonchev–Trinajstić information content (AvgIpc) is 2.80. The van der Waals surface area contributed by atoms with Crippen LogP contribution in [-0.2, 0) is 4.79 Å². The molecule has 1 rings (SSSR count). The number of aliphatic hydroxyl groups is 1. The van der Waals surface area contributed by atoms with Gasteiger partial charge in [0.15, 0.2) is 0 Å². The summed E-state index contributed by atoms with van der Waals surface area (Å²) in [6, 6.07) is 0.432. The first-order chi connectivity index (χ1) is 5.77. The van der Waals surface area contributed by atoms with E-state index >= 15 is 0 Å². The summed E-state index contributed by atoms with van der Waals surface area (Å²) in [7, 11) is 0. The van der Waals surface area contributed by atoms with Crippen LogP contribution in [0.5, 0.6) is 0 Å². The van der Waals surface area contributed by atoms with E-state index in [0.717, 1.165) is 12.8 Å². The van der Waals surface area contributed by atoms with Gasteiger partial charge >= 0.3 is 0 Å². The van der Waals surface area contributed by atoms with Crippen LogP contribution < -0.4 is 5.32 Å². The molecule has 0 spiro atoms. The number of nitrogens with one attached hydrogen (secondary N) is 1. The zero-order chi connectivity index (χ0) is 8.97. The molecule has 3 nitrogen and oxygen atoms in total. The zero-order valence-electron chi connectivity index (χ0n) is 7.55. The summed E-state index contributed by atoms with van der Waals surface area (Å²) in [6.07, 6.45) is 3.34. The molecule has 1 fully saturated rings. The van der Waals surface area contributed by atoms with E-state index in [2.05, 4.69) is 12.2 Å². The second-order valence-corrected chi connectivity index (χ2v) is 3.41. The Morgan fingerprint density at radius 2 is 2.42 bits per heavy atom. The van der Waals surface area contributed by atoms with E-state index < -0.39 is 0 Å². The summed E-state index contributed by atoms with van der Waals surface area (Å²) in [5.41, 5.74) is 0. The van der Waals surface area contributed by atoms with Crippen LogP contribution in [0.3, 0.4) is 0 Å². The number of amides is 1. The number of hydrogen-bond donors (Lipinski definition) is 2. The average molecular weight is 171 g/mol. The molecule has 70 valence electrons. The normalized spacial score (nSPS) is 26.8. The van der Waals surface area contributed by atoms with Crippen molar-refractivity contribution in [2.75, 3.05) is 6.61 Å². The smallest absolute Gasteiger partial charge is 0.220 e. The monoisotopic (exact) mass is 171 g/mol. The summed E-state index contributed by atoms with van der Waals surface area (Å²) in [5, 5.41) is 11.4. The predicted octanol–water partition coefficient (Wildman–Crippen LogP) is 0.674. The molecular formula is C9H17NO2. The van der Waals surface area contributed by atoms with Crippen molar-refractivity contribution in [1.29, 1.82) is 0 Å². The van der Waals surface area contributed by atoms with Gasteiger partial charge in [-0.2, -0.15) is 0 Å². The SMILES string of the molecule is CCC1CC1NC(=O)CCCO. The van der Waals surface area contributed by atoms with Gasteiger partial charge in [-0.15, -0.1) is 0 Å². The van der Waals surface area contributed by atoms with Gasteiger partial charge in [0.05, 0.1) is 0 Å². The van der Waals surface area contributed by atoms with Gasteiger partial charge in [-0.1, -0.05) is 13.3 Å². The van der Waals surface area contributed by atoms with Gasteiger partial charge < -0.3 is 10.4 Å². The molecule has 0 aromatic rings. The fourth-order valence-corrected chi connectivity index (χ4v) is 1.39. The minimum atomic E-state index is 0.0880. The highest BCUT2D eigenvalue weighted by molar-refractivity contribution is 5.76. The molecule has 0 saturated heterocycles. The minimum Gasteiger partial charge on any atom is -0.396 e. The molecule has 3 heteroatoms. The van der Waals surface area contributed by atoms with Gasteiger partial charge in [0, 0.05) is 19.1 Å². The molecule has 0 radical (unpaired) electrons. The first-order valence-electron chi connectivity index (χ1n) is 4.68. The lowest BCUT2D eigenvalue weighted by molar-refractivity contribution is -0.121. The Labute approximate surface area is 73.2 Å². The molecule has 2 atom stereocenters. The molecule has 0 aliphatic heterocycles. The first kappa shape index (κ1) is 9.52. The van der Waals surface area contributed by atoms with E-state index in [1.54, 1.807) is 0 Å². The molecule has 1 aliphatic carbocycles. The van der Waals surface area contributed by atoms with Gasteiger partial charge in [-0.25, -0.2) is 0 Å². The van der Waals surface area contributed by atoms with Gasteiger partial charge in [0.25, 0.3) is 0 Å². The molecule has 0 aromatic heterocycles. The van der Waals surface area contributed by atoms with E-state index in [4.69, 9.17) is 5.11 Å². The summed E-state index contributed by atoms with van der Waals surface area (Å²) in [5.74, 6) is 0.799. The van der Waals surface area contributed by atoms with Crippen molar-refractivity contribution >= 4 is 5.91 Å². The Balaban J connectivity index is 2.04. The third-order valence-corrected chi connectivity index (χ3v) is 2.36. The van der Waals surface area contributed by atoms with Crippen molar-refractivity contribution in [3.8, 4) is 0 Å². The third-order valence-electron chi connectivity index (χ3n) is 2.36. The molecule has 2 unspecified atom stereocenters. The first-order valence-corrected chi connectivity index (χ1v) is 4.68. The highest BCUT2D eigenvalue weighted by Gasteiger charge is 2.35. The van der Waals surface area contributed by atoms with Gasteiger partial charge in [-0.3, -0.25) is 4.79 Å². The van der Waals surface area contributed by atoms with E-state index in [-0.39, 0.29) is 12.5 Å². The second kappa shape index (κ2) is 4.45. The largest absolute Gasteiger partial charge is 0.396 e. The van der Waals surface area contributed by atoms with Crippen molar-refractivity contribution in [2.45, 2.75) is 38.6 Å². The maximum Gasteiger partial charge on any atom is 0.220 e. The Morgan fingerprint density at radius 3 is 2.92 bits per heavy atom. The van der Waals surface area contributed by atoms with Crippen LogP contribution >= 0.6 is 0 Å². The van der Waals surface area contributed by atoms with E-state index in [9.17, 15) is 4.79 Å². The highest BCUT2D eigenvalue weighted by Crippen LogP contribution is 2.32. The van der Waals surface area contributed by atoms with Crippen LogP contribution in [0, 0.1) is 5.92 Å². The molecule has 2 N–H and O–H groups in total. The summed E-state index contributed by atoms with van der Waals surface area (Å²) < 4.78 is 0. The van der Waals surface area contributed by atoms with Crippen LogP contribution in [0.1, 0.15) is 32.6 Å².